The van der Waals surface area contributed by atoms with Crippen LogP contribution in [-0.2, 0) is 9.59 Å². The summed E-state index contributed by atoms with van der Waals surface area (Å²) in [4.78, 5) is 39.2. The largest absolute Gasteiger partial charge is 0.448 e. The molecule has 0 unspecified atom stereocenters. The maximum atomic E-state index is 13.0. The summed E-state index contributed by atoms with van der Waals surface area (Å²) in [5.41, 5.74) is -0.286. The van der Waals surface area contributed by atoms with Gasteiger partial charge in [0, 0.05) is 24.6 Å². The van der Waals surface area contributed by atoms with Crippen molar-refractivity contribution in [3.63, 3.8) is 0 Å². The second kappa shape index (κ2) is 7.98. The van der Waals surface area contributed by atoms with Crippen LogP contribution in [0.15, 0.2) is 18.2 Å². The van der Waals surface area contributed by atoms with Crippen molar-refractivity contribution >= 4 is 23.5 Å². The van der Waals surface area contributed by atoms with E-state index in [-0.39, 0.29) is 12.5 Å². The number of hydrogen-bond donors (Lipinski definition) is 2. The molecule has 0 radical (unpaired) electrons. The molecule has 2 N–H and O–H groups in total. The lowest BCUT2D eigenvalue weighted by Crippen LogP contribution is -2.49. The van der Waals surface area contributed by atoms with E-state index in [1.165, 1.54) is 6.42 Å². The summed E-state index contributed by atoms with van der Waals surface area (Å²) in [7, 11) is 0. The van der Waals surface area contributed by atoms with Crippen molar-refractivity contribution in [3.8, 4) is 11.5 Å². The first-order valence-electron chi connectivity index (χ1n) is 11.9. The van der Waals surface area contributed by atoms with Crippen LogP contribution in [0.2, 0.25) is 0 Å². The smallest absolute Gasteiger partial charge is 0.325 e. The number of carbonyl (C=O) groups excluding carboxylic acids is 3. The van der Waals surface area contributed by atoms with Gasteiger partial charge in [0.15, 0.2) is 11.5 Å². The zero-order chi connectivity index (χ0) is 22.3. The molecule has 2 aliphatic carbocycles. The normalized spacial score (nSPS) is 28.3. The Morgan fingerprint density at radius 3 is 2.53 bits per heavy atom. The maximum Gasteiger partial charge on any atom is 0.325 e. The van der Waals surface area contributed by atoms with Gasteiger partial charge < -0.3 is 20.1 Å². The second-order valence-electron chi connectivity index (χ2n) is 9.64. The highest BCUT2D eigenvalue weighted by Crippen LogP contribution is 2.46. The highest BCUT2D eigenvalue weighted by Gasteiger charge is 2.52. The Bertz CT molecular complexity index is 932. The van der Waals surface area contributed by atoms with Gasteiger partial charge in [-0.25, -0.2) is 4.79 Å². The third-order valence-electron chi connectivity index (χ3n) is 7.52. The first-order chi connectivity index (χ1) is 15.4. The Balaban J connectivity index is 1.21. The molecule has 4 aliphatic rings. The van der Waals surface area contributed by atoms with Crippen LogP contribution in [0.1, 0.15) is 71.1 Å². The van der Waals surface area contributed by atoms with Gasteiger partial charge in [-0.3, -0.25) is 14.5 Å². The minimum Gasteiger partial charge on any atom is -0.448 e. The van der Waals surface area contributed by atoms with Crippen molar-refractivity contribution in [2.75, 3.05) is 11.9 Å². The Kier molecular flexibility index (Phi) is 5.26. The molecule has 1 saturated heterocycles. The van der Waals surface area contributed by atoms with E-state index in [0.717, 1.165) is 49.8 Å². The average Bonchev–Trinajstić information content (AvgIpc) is 3.24. The molecule has 8 nitrogen and oxygen atoms in total. The standard InChI is InChI=1S/C24H31N3O5/c1-2-16-8-12-23(13-9-16)21(29)27(22(30)26-23)15-20(28)25-17-6-7-18-19(14-17)32-24(31-18)10-4-3-5-11-24/h6-7,14,16H,2-5,8-13,15H2,1H3,(H,25,28)(H,26,30). The van der Waals surface area contributed by atoms with Crippen molar-refractivity contribution in [2.45, 2.75) is 82.5 Å². The molecule has 0 atom stereocenters. The maximum absolute atomic E-state index is 13.0. The third kappa shape index (κ3) is 3.69. The lowest BCUT2D eigenvalue weighted by molar-refractivity contribution is -0.135. The molecular weight excluding hydrogens is 410 g/mol. The van der Waals surface area contributed by atoms with Crippen LogP contribution in [-0.4, -0.2) is 40.6 Å². The fraction of sp³-hybridized carbons (Fsp3) is 0.625. The molecule has 8 heteroatoms. The monoisotopic (exact) mass is 441 g/mol. The van der Waals surface area contributed by atoms with Gasteiger partial charge in [0.05, 0.1) is 0 Å². The van der Waals surface area contributed by atoms with Gasteiger partial charge in [-0.05, 0) is 56.6 Å². The van der Waals surface area contributed by atoms with E-state index in [0.29, 0.717) is 35.9 Å². The summed E-state index contributed by atoms with van der Waals surface area (Å²) >= 11 is 0. The average molecular weight is 442 g/mol. The minimum atomic E-state index is -0.837. The van der Waals surface area contributed by atoms with E-state index < -0.39 is 23.3 Å². The summed E-state index contributed by atoms with van der Waals surface area (Å²) in [6.07, 6.45) is 9.25. The number of nitrogens with zero attached hydrogens (tertiary/aromatic N) is 1. The van der Waals surface area contributed by atoms with Crippen LogP contribution in [0.4, 0.5) is 10.5 Å². The molecule has 3 fully saturated rings. The summed E-state index contributed by atoms with van der Waals surface area (Å²) < 4.78 is 12.2. The summed E-state index contributed by atoms with van der Waals surface area (Å²) in [6.45, 7) is 1.85. The fourth-order valence-electron chi connectivity index (χ4n) is 5.55. The number of fused-ring (bicyclic) bond motifs is 1. The van der Waals surface area contributed by atoms with E-state index in [1.807, 2.05) is 0 Å². The van der Waals surface area contributed by atoms with Gasteiger partial charge in [0.25, 0.3) is 11.7 Å². The number of hydrogen-bond acceptors (Lipinski definition) is 5. The summed E-state index contributed by atoms with van der Waals surface area (Å²) in [5, 5.41) is 5.66. The van der Waals surface area contributed by atoms with Crippen molar-refractivity contribution in [1.29, 1.82) is 0 Å². The predicted octanol–water partition coefficient (Wildman–Crippen LogP) is 3.95. The molecule has 2 saturated carbocycles. The van der Waals surface area contributed by atoms with Crippen molar-refractivity contribution in [1.82, 2.24) is 10.2 Å². The number of ether oxygens (including phenoxy) is 2. The van der Waals surface area contributed by atoms with Gasteiger partial charge in [-0.2, -0.15) is 0 Å². The lowest BCUT2D eigenvalue weighted by atomic mass is 9.75. The topological polar surface area (TPSA) is 97.0 Å². The predicted molar refractivity (Wildman–Crippen MR) is 117 cm³/mol. The van der Waals surface area contributed by atoms with E-state index in [2.05, 4.69) is 17.6 Å². The zero-order valence-corrected chi connectivity index (χ0v) is 18.6. The molecule has 5 rings (SSSR count). The molecule has 4 amide bonds. The SMILES string of the molecule is CCC1CCC2(CC1)NC(=O)N(CC(=O)Nc1ccc3c(c1)OC1(CCCCC1)O3)C2=O. The van der Waals surface area contributed by atoms with E-state index in [4.69, 9.17) is 9.47 Å². The van der Waals surface area contributed by atoms with Gasteiger partial charge in [0.2, 0.25) is 5.91 Å². The first-order valence-corrected chi connectivity index (χ1v) is 11.9. The highest BCUT2D eigenvalue weighted by molar-refractivity contribution is 6.10. The lowest BCUT2D eigenvalue weighted by Gasteiger charge is -2.34. The number of benzene rings is 1. The quantitative estimate of drug-likeness (QED) is 0.690. The molecule has 2 spiro atoms. The number of nitrogens with one attached hydrogen (secondary N) is 2. The Labute approximate surface area is 188 Å². The van der Waals surface area contributed by atoms with Gasteiger partial charge in [-0.15, -0.1) is 0 Å². The molecular formula is C24H31N3O5. The van der Waals surface area contributed by atoms with Crippen molar-refractivity contribution < 1.29 is 23.9 Å². The number of urea groups is 1. The van der Waals surface area contributed by atoms with Crippen molar-refractivity contribution in [3.05, 3.63) is 18.2 Å². The Morgan fingerprint density at radius 1 is 1.09 bits per heavy atom. The molecule has 0 aromatic heterocycles. The van der Waals surface area contributed by atoms with Crippen LogP contribution in [0.5, 0.6) is 11.5 Å². The Morgan fingerprint density at radius 2 is 1.81 bits per heavy atom. The number of imide groups is 1. The molecule has 32 heavy (non-hydrogen) atoms. The van der Waals surface area contributed by atoms with Crippen molar-refractivity contribution in [2.24, 2.45) is 5.92 Å². The fourth-order valence-corrected chi connectivity index (χ4v) is 5.55. The molecule has 2 aliphatic heterocycles. The van der Waals surface area contributed by atoms with Crippen LogP contribution >= 0.6 is 0 Å². The minimum absolute atomic E-state index is 0.280. The van der Waals surface area contributed by atoms with Crippen LogP contribution in [0, 0.1) is 5.92 Å². The number of anilines is 1. The van der Waals surface area contributed by atoms with E-state index in [1.54, 1.807) is 18.2 Å². The van der Waals surface area contributed by atoms with Crippen LogP contribution in [0.3, 0.4) is 0 Å². The molecule has 1 aromatic rings. The number of carbonyl (C=O) groups is 3. The first kappa shape index (κ1) is 21.1. The second-order valence-corrected chi connectivity index (χ2v) is 9.64. The van der Waals surface area contributed by atoms with E-state index in [9.17, 15) is 14.4 Å². The molecule has 1 aromatic carbocycles. The summed E-state index contributed by atoms with van der Waals surface area (Å²) in [5.74, 6) is 0.626. The van der Waals surface area contributed by atoms with Crippen LogP contribution < -0.4 is 20.1 Å². The van der Waals surface area contributed by atoms with E-state index >= 15 is 0 Å². The number of amides is 4. The molecule has 172 valence electrons. The van der Waals surface area contributed by atoms with Crippen LogP contribution in [0.25, 0.3) is 0 Å². The van der Waals surface area contributed by atoms with Gasteiger partial charge in [0.1, 0.15) is 12.1 Å². The van der Waals surface area contributed by atoms with Gasteiger partial charge in [-0.1, -0.05) is 19.8 Å². The molecule has 0 bridgehead atoms. The Hall–Kier alpha value is -2.77. The third-order valence-corrected chi connectivity index (χ3v) is 7.52. The zero-order valence-electron chi connectivity index (χ0n) is 18.6. The van der Waals surface area contributed by atoms with Gasteiger partial charge >= 0.3 is 6.03 Å². The molecule has 2 heterocycles. The summed E-state index contributed by atoms with van der Waals surface area (Å²) in [6, 6.07) is 4.81. The number of rotatable bonds is 4. The highest BCUT2D eigenvalue weighted by atomic mass is 16.7.